The number of anilines is 2. The molecule has 0 radical (unpaired) electrons. The maximum absolute atomic E-state index is 12.2. The minimum absolute atomic E-state index is 0.115. The zero-order chi connectivity index (χ0) is 16.5. The number of nitrogens with one attached hydrogen (secondary N) is 2. The number of carbonyl (C=O) groups excluding carboxylic acids is 1. The van der Waals surface area contributed by atoms with Crippen LogP contribution in [-0.2, 0) is 11.2 Å². The van der Waals surface area contributed by atoms with Crippen molar-refractivity contribution in [3.8, 4) is 0 Å². The van der Waals surface area contributed by atoms with Crippen LogP contribution < -0.4 is 11.1 Å². The summed E-state index contributed by atoms with van der Waals surface area (Å²) in [5, 5.41) is 3.84. The lowest BCUT2D eigenvalue weighted by atomic mass is 10.1. The van der Waals surface area contributed by atoms with Crippen LogP contribution in [0.2, 0.25) is 0 Å². The summed E-state index contributed by atoms with van der Waals surface area (Å²) in [5.41, 5.74) is 10.5. The van der Waals surface area contributed by atoms with Crippen LogP contribution in [0.4, 0.5) is 11.4 Å². The summed E-state index contributed by atoms with van der Waals surface area (Å²) in [6.45, 7) is 0. The van der Waals surface area contributed by atoms with Gasteiger partial charge in [0.25, 0.3) is 0 Å². The van der Waals surface area contributed by atoms with Gasteiger partial charge >= 0.3 is 0 Å². The number of carbonyl (C=O) groups is 1. The highest BCUT2D eigenvalue weighted by atomic mass is 16.1. The predicted molar refractivity (Wildman–Crippen MR) is 94.6 cm³/mol. The fourth-order valence-corrected chi connectivity index (χ4v) is 2.67. The molecule has 0 aliphatic carbocycles. The maximum Gasteiger partial charge on any atom is 0.230 e. The number of pyridine rings is 1. The van der Waals surface area contributed by atoms with Crippen molar-refractivity contribution in [1.82, 2.24) is 15.0 Å². The molecule has 1 amide bonds. The van der Waals surface area contributed by atoms with Crippen molar-refractivity contribution in [3.63, 3.8) is 0 Å². The molecule has 0 aliphatic heterocycles. The Morgan fingerprint density at radius 2 is 1.96 bits per heavy atom. The molecule has 0 bridgehead atoms. The number of H-pyrrole nitrogens is 1. The van der Waals surface area contributed by atoms with E-state index in [1.165, 1.54) is 0 Å². The highest BCUT2D eigenvalue weighted by Crippen LogP contribution is 2.18. The normalized spacial score (nSPS) is 11.0. The number of aromatic nitrogens is 3. The SMILES string of the molecule is Nc1ccc2nc(CC(=O)Nc3ccc4nc[nH]c4c3)ccc2c1. The Bertz CT molecular complexity index is 1050. The third-order valence-corrected chi connectivity index (χ3v) is 3.82. The van der Waals surface area contributed by atoms with Gasteiger partial charge in [-0.1, -0.05) is 6.07 Å². The van der Waals surface area contributed by atoms with Gasteiger partial charge in [0.1, 0.15) is 0 Å². The number of nitrogen functional groups attached to an aromatic ring is 1. The monoisotopic (exact) mass is 317 g/mol. The van der Waals surface area contributed by atoms with Crippen molar-refractivity contribution in [2.45, 2.75) is 6.42 Å². The lowest BCUT2D eigenvalue weighted by Crippen LogP contribution is -2.15. The van der Waals surface area contributed by atoms with Gasteiger partial charge in [-0.05, 0) is 42.5 Å². The van der Waals surface area contributed by atoms with Crippen LogP contribution in [0.5, 0.6) is 0 Å². The number of rotatable bonds is 3. The van der Waals surface area contributed by atoms with Gasteiger partial charge in [-0.25, -0.2) is 4.98 Å². The van der Waals surface area contributed by atoms with Gasteiger partial charge in [0.15, 0.2) is 0 Å². The number of nitrogens with zero attached hydrogens (tertiary/aromatic N) is 2. The molecule has 2 heterocycles. The summed E-state index contributed by atoms with van der Waals surface area (Å²) in [6.07, 6.45) is 1.84. The first-order chi connectivity index (χ1) is 11.7. The largest absolute Gasteiger partial charge is 0.399 e. The second-order valence-corrected chi connectivity index (χ2v) is 5.61. The number of nitrogens with two attached hydrogens (primary N) is 1. The Hall–Kier alpha value is -3.41. The number of hydrogen-bond acceptors (Lipinski definition) is 4. The molecule has 0 saturated carbocycles. The van der Waals surface area contributed by atoms with Crippen molar-refractivity contribution in [3.05, 3.63) is 60.6 Å². The molecule has 118 valence electrons. The standard InChI is InChI=1S/C18H15N5O/c19-12-2-5-15-11(7-12)1-3-14(22-15)9-18(24)23-13-4-6-16-17(8-13)21-10-20-16/h1-8,10H,9,19H2,(H,20,21)(H,23,24). The molecule has 0 spiro atoms. The summed E-state index contributed by atoms with van der Waals surface area (Å²) < 4.78 is 0. The number of benzene rings is 2. The van der Waals surface area contributed by atoms with E-state index in [9.17, 15) is 4.79 Å². The first kappa shape index (κ1) is 14.2. The molecule has 2 aromatic carbocycles. The zero-order valence-corrected chi connectivity index (χ0v) is 12.8. The molecule has 6 heteroatoms. The van der Waals surface area contributed by atoms with E-state index in [1.807, 2.05) is 42.5 Å². The summed E-state index contributed by atoms with van der Waals surface area (Å²) in [7, 11) is 0. The second kappa shape index (κ2) is 5.66. The molecule has 0 saturated heterocycles. The highest BCUT2D eigenvalue weighted by molar-refractivity contribution is 5.94. The number of fused-ring (bicyclic) bond motifs is 2. The minimum atomic E-state index is -0.115. The highest BCUT2D eigenvalue weighted by Gasteiger charge is 2.07. The van der Waals surface area contributed by atoms with Crippen LogP contribution in [-0.4, -0.2) is 20.9 Å². The first-order valence-corrected chi connectivity index (χ1v) is 7.55. The van der Waals surface area contributed by atoms with Crippen molar-refractivity contribution >= 4 is 39.2 Å². The lowest BCUT2D eigenvalue weighted by Gasteiger charge is -2.06. The van der Waals surface area contributed by atoms with E-state index in [2.05, 4.69) is 20.3 Å². The summed E-state index contributed by atoms with van der Waals surface area (Å²) in [6, 6.07) is 14.9. The van der Waals surface area contributed by atoms with Gasteiger partial charge in [-0.2, -0.15) is 0 Å². The number of imidazole rings is 1. The van der Waals surface area contributed by atoms with Gasteiger partial charge in [-0.3, -0.25) is 9.78 Å². The van der Waals surface area contributed by atoms with E-state index in [1.54, 1.807) is 12.4 Å². The Kier molecular flexibility index (Phi) is 3.35. The van der Waals surface area contributed by atoms with Crippen molar-refractivity contribution in [2.24, 2.45) is 0 Å². The fourth-order valence-electron chi connectivity index (χ4n) is 2.67. The van der Waals surface area contributed by atoms with Crippen molar-refractivity contribution in [1.29, 1.82) is 0 Å². The van der Waals surface area contributed by atoms with Gasteiger partial charge in [0, 0.05) is 16.8 Å². The van der Waals surface area contributed by atoms with Crippen LogP contribution in [0.25, 0.3) is 21.9 Å². The van der Waals surface area contributed by atoms with Crippen molar-refractivity contribution < 1.29 is 4.79 Å². The van der Waals surface area contributed by atoms with Crippen LogP contribution >= 0.6 is 0 Å². The van der Waals surface area contributed by atoms with E-state index >= 15 is 0 Å². The number of hydrogen-bond donors (Lipinski definition) is 3. The third-order valence-electron chi connectivity index (χ3n) is 3.82. The number of aromatic amines is 1. The second-order valence-electron chi connectivity index (χ2n) is 5.61. The van der Waals surface area contributed by atoms with E-state index in [-0.39, 0.29) is 12.3 Å². The van der Waals surface area contributed by atoms with E-state index in [0.717, 1.165) is 27.6 Å². The van der Waals surface area contributed by atoms with E-state index in [0.29, 0.717) is 11.4 Å². The Balaban J connectivity index is 1.51. The summed E-state index contributed by atoms with van der Waals surface area (Å²) in [4.78, 5) is 23.9. The molecular formula is C18H15N5O. The number of amides is 1. The summed E-state index contributed by atoms with van der Waals surface area (Å²) in [5.74, 6) is -0.115. The van der Waals surface area contributed by atoms with Gasteiger partial charge in [0.05, 0.1) is 35.0 Å². The molecule has 4 N–H and O–H groups in total. The quantitative estimate of drug-likeness (QED) is 0.506. The lowest BCUT2D eigenvalue weighted by molar-refractivity contribution is -0.115. The van der Waals surface area contributed by atoms with Crippen LogP contribution in [0.15, 0.2) is 54.9 Å². The van der Waals surface area contributed by atoms with Gasteiger partial charge < -0.3 is 16.0 Å². The first-order valence-electron chi connectivity index (χ1n) is 7.55. The molecule has 2 aromatic heterocycles. The van der Waals surface area contributed by atoms with Crippen molar-refractivity contribution in [2.75, 3.05) is 11.1 Å². The predicted octanol–water partition coefficient (Wildman–Crippen LogP) is 2.87. The average Bonchev–Trinajstić information content (AvgIpc) is 3.02. The molecule has 0 unspecified atom stereocenters. The topological polar surface area (TPSA) is 96.7 Å². The minimum Gasteiger partial charge on any atom is -0.399 e. The molecule has 0 aliphatic rings. The molecular weight excluding hydrogens is 302 g/mol. The molecule has 24 heavy (non-hydrogen) atoms. The summed E-state index contributed by atoms with van der Waals surface area (Å²) >= 11 is 0. The smallest absolute Gasteiger partial charge is 0.230 e. The van der Waals surface area contributed by atoms with Crippen LogP contribution in [0.1, 0.15) is 5.69 Å². The average molecular weight is 317 g/mol. The van der Waals surface area contributed by atoms with Crippen LogP contribution in [0.3, 0.4) is 0 Å². The van der Waals surface area contributed by atoms with Gasteiger partial charge in [-0.15, -0.1) is 0 Å². The van der Waals surface area contributed by atoms with Gasteiger partial charge in [0.2, 0.25) is 5.91 Å². The molecule has 4 aromatic rings. The molecule has 0 fully saturated rings. The van der Waals surface area contributed by atoms with E-state index in [4.69, 9.17) is 5.73 Å². The zero-order valence-electron chi connectivity index (χ0n) is 12.8. The van der Waals surface area contributed by atoms with E-state index < -0.39 is 0 Å². The molecule has 4 rings (SSSR count). The maximum atomic E-state index is 12.2. The molecule has 6 nitrogen and oxygen atoms in total. The van der Waals surface area contributed by atoms with Crippen LogP contribution in [0, 0.1) is 0 Å². The Labute approximate surface area is 137 Å². The molecule has 0 atom stereocenters. The Morgan fingerprint density at radius 3 is 2.88 bits per heavy atom. The fraction of sp³-hybridized carbons (Fsp3) is 0.0556. The third kappa shape index (κ3) is 2.77. The Morgan fingerprint density at radius 1 is 1.08 bits per heavy atom.